The second-order valence-corrected chi connectivity index (χ2v) is 6.05. The maximum Gasteiger partial charge on any atom is 0.309 e. The summed E-state index contributed by atoms with van der Waals surface area (Å²) in [4.78, 5) is 22.6. The molecule has 0 bridgehead atoms. The van der Waals surface area contributed by atoms with Gasteiger partial charge in [0.25, 0.3) is 0 Å². The van der Waals surface area contributed by atoms with Gasteiger partial charge in [-0.25, -0.2) is 0 Å². The minimum absolute atomic E-state index is 0.0119. The van der Waals surface area contributed by atoms with Gasteiger partial charge in [-0.05, 0) is 52.4 Å². The van der Waals surface area contributed by atoms with Crippen molar-refractivity contribution in [2.24, 2.45) is 11.8 Å². The summed E-state index contributed by atoms with van der Waals surface area (Å²) >= 11 is 0. The van der Waals surface area contributed by atoms with E-state index in [0.717, 1.165) is 25.7 Å². The van der Waals surface area contributed by atoms with Gasteiger partial charge >= 0.3 is 11.9 Å². The van der Waals surface area contributed by atoms with Crippen molar-refractivity contribution < 1.29 is 19.1 Å². The number of hydrogen-bond acceptors (Lipinski definition) is 4. The van der Waals surface area contributed by atoms with Crippen LogP contribution in [0, 0.1) is 11.8 Å². The Balaban J connectivity index is 2.30. The van der Waals surface area contributed by atoms with Gasteiger partial charge in [0.05, 0.1) is 12.5 Å². The summed E-state index contributed by atoms with van der Waals surface area (Å²) in [6.07, 6.45) is 3.52. The van der Waals surface area contributed by atoms with Crippen LogP contribution >= 0.6 is 0 Å². The maximum absolute atomic E-state index is 11.9. The highest BCUT2D eigenvalue weighted by Crippen LogP contribution is 2.30. The molecule has 1 fully saturated rings. The summed E-state index contributed by atoms with van der Waals surface area (Å²) in [5.41, 5.74) is -0.411. The maximum atomic E-state index is 11.9. The second-order valence-electron chi connectivity index (χ2n) is 6.05. The topological polar surface area (TPSA) is 52.6 Å². The highest BCUT2D eigenvalue weighted by atomic mass is 16.6. The van der Waals surface area contributed by atoms with Crippen molar-refractivity contribution in [3.05, 3.63) is 0 Å². The molecule has 1 aliphatic rings. The normalized spacial score (nSPS) is 24.4. The van der Waals surface area contributed by atoms with E-state index in [4.69, 9.17) is 9.47 Å². The van der Waals surface area contributed by atoms with Gasteiger partial charge in [0.1, 0.15) is 5.60 Å². The van der Waals surface area contributed by atoms with Crippen molar-refractivity contribution in [2.75, 3.05) is 6.61 Å². The van der Waals surface area contributed by atoms with Gasteiger partial charge in [0, 0.05) is 6.92 Å². The Morgan fingerprint density at radius 3 is 2.11 bits per heavy atom. The third kappa shape index (κ3) is 5.52. The van der Waals surface area contributed by atoms with Crippen LogP contribution in [0.3, 0.4) is 0 Å². The fourth-order valence-corrected chi connectivity index (χ4v) is 2.19. The van der Waals surface area contributed by atoms with E-state index < -0.39 is 5.60 Å². The third-order valence-electron chi connectivity index (χ3n) is 3.11. The van der Waals surface area contributed by atoms with Gasteiger partial charge in [-0.3, -0.25) is 9.59 Å². The van der Waals surface area contributed by atoms with E-state index in [9.17, 15) is 9.59 Å². The summed E-state index contributed by atoms with van der Waals surface area (Å²) in [6, 6.07) is 0. The quantitative estimate of drug-likeness (QED) is 0.728. The Morgan fingerprint density at radius 2 is 1.67 bits per heavy atom. The molecule has 0 aliphatic heterocycles. The van der Waals surface area contributed by atoms with Gasteiger partial charge in [-0.2, -0.15) is 0 Å². The lowest BCUT2D eigenvalue weighted by molar-refractivity contribution is -0.162. The zero-order valence-electron chi connectivity index (χ0n) is 11.8. The highest BCUT2D eigenvalue weighted by molar-refractivity contribution is 5.73. The first-order valence-electron chi connectivity index (χ1n) is 6.64. The molecule has 104 valence electrons. The van der Waals surface area contributed by atoms with Gasteiger partial charge in [0.2, 0.25) is 0 Å². The van der Waals surface area contributed by atoms with Crippen LogP contribution in [-0.4, -0.2) is 24.1 Å². The van der Waals surface area contributed by atoms with Crippen LogP contribution < -0.4 is 0 Å². The summed E-state index contributed by atoms with van der Waals surface area (Å²) in [5.74, 6) is 0.0862. The van der Waals surface area contributed by atoms with Crippen LogP contribution in [0.2, 0.25) is 0 Å². The summed E-state index contributed by atoms with van der Waals surface area (Å²) in [6.45, 7) is 7.56. The lowest BCUT2D eigenvalue weighted by atomic mass is 9.82. The predicted molar refractivity (Wildman–Crippen MR) is 67.9 cm³/mol. The molecule has 1 aliphatic carbocycles. The number of carbonyl (C=O) groups excluding carboxylic acids is 2. The SMILES string of the molecule is CC(=O)OCC1CCC(C(=O)OC(C)(C)C)CC1. The molecule has 0 aromatic carbocycles. The van der Waals surface area contributed by atoms with Gasteiger partial charge < -0.3 is 9.47 Å². The average Bonchev–Trinajstić information content (AvgIpc) is 2.24. The molecule has 0 aromatic rings. The van der Waals surface area contributed by atoms with E-state index >= 15 is 0 Å². The van der Waals surface area contributed by atoms with Crippen LogP contribution in [0.1, 0.15) is 53.4 Å². The lowest BCUT2D eigenvalue weighted by Crippen LogP contribution is -2.31. The average molecular weight is 256 g/mol. The first-order valence-corrected chi connectivity index (χ1v) is 6.64. The third-order valence-corrected chi connectivity index (χ3v) is 3.11. The van der Waals surface area contributed by atoms with E-state index in [1.165, 1.54) is 6.92 Å². The largest absolute Gasteiger partial charge is 0.466 e. The molecule has 1 saturated carbocycles. The molecule has 0 heterocycles. The van der Waals surface area contributed by atoms with Gasteiger partial charge in [-0.1, -0.05) is 0 Å². The van der Waals surface area contributed by atoms with Crippen molar-refractivity contribution in [3.8, 4) is 0 Å². The standard InChI is InChI=1S/C14H24O4/c1-10(15)17-9-11-5-7-12(8-6-11)13(16)18-14(2,3)4/h11-12H,5-9H2,1-4H3. The zero-order valence-corrected chi connectivity index (χ0v) is 11.8. The van der Waals surface area contributed by atoms with E-state index in [1.54, 1.807) is 0 Å². The molecule has 4 heteroatoms. The molecule has 4 nitrogen and oxygen atoms in total. The van der Waals surface area contributed by atoms with E-state index in [0.29, 0.717) is 12.5 Å². The Morgan fingerprint density at radius 1 is 1.11 bits per heavy atom. The summed E-state index contributed by atoms with van der Waals surface area (Å²) < 4.78 is 10.4. The molecule has 0 radical (unpaired) electrons. The van der Waals surface area contributed by atoms with Crippen molar-refractivity contribution in [1.82, 2.24) is 0 Å². The van der Waals surface area contributed by atoms with Crippen molar-refractivity contribution in [1.29, 1.82) is 0 Å². The van der Waals surface area contributed by atoms with Crippen molar-refractivity contribution in [2.45, 2.75) is 59.0 Å². The number of hydrogen-bond donors (Lipinski definition) is 0. The van der Waals surface area contributed by atoms with E-state index in [1.807, 2.05) is 20.8 Å². The molecular formula is C14H24O4. The van der Waals surface area contributed by atoms with Crippen molar-refractivity contribution in [3.63, 3.8) is 0 Å². The number of ether oxygens (including phenoxy) is 2. The minimum atomic E-state index is -0.411. The summed E-state index contributed by atoms with van der Waals surface area (Å²) in [5, 5.41) is 0. The second kappa shape index (κ2) is 6.21. The van der Waals surface area contributed by atoms with Crippen molar-refractivity contribution >= 4 is 11.9 Å². The monoisotopic (exact) mass is 256 g/mol. The Bertz CT molecular complexity index is 295. The molecule has 0 aromatic heterocycles. The zero-order chi connectivity index (χ0) is 13.8. The number of carbonyl (C=O) groups is 2. The highest BCUT2D eigenvalue weighted by Gasteiger charge is 2.30. The molecule has 0 spiro atoms. The van der Waals surface area contributed by atoms with Crippen LogP contribution in [0.25, 0.3) is 0 Å². The first kappa shape index (κ1) is 15.0. The molecule has 0 unspecified atom stereocenters. The number of esters is 2. The fraction of sp³-hybridized carbons (Fsp3) is 0.857. The van der Waals surface area contributed by atoms with E-state index in [-0.39, 0.29) is 17.9 Å². The molecule has 0 amide bonds. The van der Waals surface area contributed by atoms with Crippen LogP contribution in [0.5, 0.6) is 0 Å². The summed E-state index contributed by atoms with van der Waals surface area (Å²) in [7, 11) is 0. The minimum Gasteiger partial charge on any atom is -0.466 e. The molecule has 0 N–H and O–H groups in total. The van der Waals surface area contributed by atoms with E-state index in [2.05, 4.69) is 0 Å². The number of rotatable bonds is 3. The molecular weight excluding hydrogens is 232 g/mol. The molecule has 18 heavy (non-hydrogen) atoms. The molecule has 0 atom stereocenters. The lowest BCUT2D eigenvalue weighted by Gasteiger charge is -2.29. The molecule has 1 rings (SSSR count). The Labute approximate surface area is 109 Å². The fourth-order valence-electron chi connectivity index (χ4n) is 2.19. The smallest absolute Gasteiger partial charge is 0.309 e. The first-order chi connectivity index (χ1) is 8.28. The Hall–Kier alpha value is -1.06. The van der Waals surface area contributed by atoms with Crippen LogP contribution in [-0.2, 0) is 19.1 Å². The van der Waals surface area contributed by atoms with Gasteiger partial charge in [-0.15, -0.1) is 0 Å². The van der Waals surface area contributed by atoms with Crippen LogP contribution in [0.4, 0.5) is 0 Å². The van der Waals surface area contributed by atoms with Gasteiger partial charge in [0.15, 0.2) is 0 Å². The Kier molecular flexibility index (Phi) is 5.17. The predicted octanol–water partition coefficient (Wildman–Crippen LogP) is 2.70. The molecule has 0 saturated heterocycles. The van der Waals surface area contributed by atoms with Crippen LogP contribution in [0.15, 0.2) is 0 Å².